The molecule has 3 N–H and O–H groups in total. The van der Waals surface area contributed by atoms with Crippen LogP contribution in [0.5, 0.6) is 0 Å². The number of amides is 3. The Hall–Kier alpha value is -2.26. The predicted octanol–water partition coefficient (Wildman–Crippen LogP) is 3.05. The zero-order valence-corrected chi connectivity index (χ0v) is 18.5. The zero-order valence-electron chi connectivity index (χ0n) is 16.9. The molecule has 162 valence electrons. The molecular formula is C21H27BrN4O4. The maximum absolute atomic E-state index is 13.1. The van der Waals surface area contributed by atoms with Crippen molar-refractivity contribution >= 4 is 39.0 Å². The van der Waals surface area contributed by atoms with Gasteiger partial charge in [0.2, 0.25) is 0 Å². The summed E-state index contributed by atoms with van der Waals surface area (Å²) < 4.78 is 5.88. The molecule has 4 rings (SSSR count). The lowest BCUT2D eigenvalue weighted by Crippen LogP contribution is -2.57. The van der Waals surface area contributed by atoms with Gasteiger partial charge in [-0.2, -0.15) is 0 Å². The fourth-order valence-electron chi connectivity index (χ4n) is 4.29. The monoisotopic (exact) mass is 478 g/mol. The van der Waals surface area contributed by atoms with Gasteiger partial charge in [0.05, 0.1) is 19.7 Å². The Morgan fingerprint density at radius 1 is 1.30 bits per heavy atom. The molecule has 1 aliphatic carbocycles. The van der Waals surface area contributed by atoms with Crippen LogP contribution in [0.4, 0.5) is 9.59 Å². The topological polar surface area (TPSA) is 97.9 Å². The molecule has 2 fully saturated rings. The van der Waals surface area contributed by atoms with E-state index in [0.717, 1.165) is 33.9 Å². The molecule has 2 heterocycles. The Kier molecular flexibility index (Phi) is 6.19. The number of likely N-dealkylation sites (tertiary alicyclic amines) is 1. The maximum Gasteiger partial charge on any atom is 0.409 e. The number of nitrogens with zero attached hydrogens (tertiary/aromatic N) is 2. The number of benzene rings is 1. The van der Waals surface area contributed by atoms with Gasteiger partial charge < -0.3 is 29.9 Å². The number of methoxy groups -OCH3 is 1. The van der Waals surface area contributed by atoms with E-state index < -0.39 is 6.09 Å². The number of ether oxygens (including phenoxy) is 1. The molecule has 2 aliphatic rings. The minimum atomic E-state index is -0.418. The molecular weight excluding hydrogens is 452 g/mol. The van der Waals surface area contributed by atoms with Crippen molar-refractivity contribution in [2.45, 2.75) is 37.9 Å². The van der Waals surface area contributed by atoms with Crippen LogP contribution in [0.1, 0.15) is 25.0 Å². The number of H-pyrrole nitrogens is 1. The van der Waals surface area contributed by atoms with E-state index in [-0.39, 0.29) is 30.6 Å². The van der Waals surface area contributed by atoms with Crippen molar-refractivity contribution in [2.24, 2.45) is 5.92 Å². The number of aliphatic hydroxyl groups is 1. The highest BCUT2D eigenvalue weighted by molar-refractivity contribution is 9.10. The molecule has 3 amide bonds. The number of aliphatic hydroxyl groups excluding tert-OH is 1. The van der Waals surface area contributed by atoms with Crippen LogP contribution in [0.3, 0.4) is 0 Å². The number of hydrogen-bond donors (Lipinski definition) is 3. The average Bonchev–Trinajstić information content (AvgIpc) is 3.49. The Labute approximate surface area is 183 Å². The van der Waals surface area contributed by atoms with Crippen LogP contribution in [0.15, 0.2) is 28.7 Å². The number of aromatic nitrogens is 1. The van der Waals surface area contributed by atoms with Gasteiger partial charge >= 0.3 is 12.1 Å². The van der Waals surface area contributed by atoms with E-state index in [1.165, 1.54) is 7.11 Å². The first kappa shape index (κ1) is 21.0. The summed E-state index contributed by atoms with van der Waals surface area (Å²) in [4.78, 5) is 32.0. The highest BCUT2D eigenvalue weighted by Gasteiger charge is 2.42. The van der Waals surface area contributed by atoms with E-state index in [0.29, 0.717) is 26.1 Å². The Morgan fingerprint density at radius 2 is 2.10 bits per heavy atom. The molecule has 1 aliphatic heterocycles. The smallest absolute Gasteiger partial charge is 0.409 e. The number of aromatic amines is 1. The van der Waals surface area contributed by atoms with Gasteiger partial charge in [-0.15, -0.1) is 0 Å². The molecule has 0 radical (unpaired) electrons. The van der Waals surface area contributed by atoms with E-state index in [4.69, 9.17) is 4.74 Å². The van der Waals surface area contributed by atoms with Gasteiger partial charge in [0.1, 0.15) is 0 Å². The lowest BCUT2D eigenvalue weighted by molar-refractivity contribution is 0.0464. The molecule has 1 aromatic heterocycles. The molecule has 2 atom stereocenters. The van der Waals surface area contributed by atoms with Gasteiger partial charge in [-0.1, -0.05) is 15.9 Å². The fraction of sp³-hybridized carbons (Fsp3) is 0.524. The minimum absolute atomic E-state index is 0.0191. The molecule has 1 aromatic carbocycles. The number of urea groups is 1. The molecule has 1 saturated carbocycles. The summed E-state index contributed by atoms with van der Waals surface area (Å²) in [7, 11) is 1.35. The number of halogens is 1. The van der Waals surface area contributed by atoms with Crippen molar-refractivity contribution in [3.05, 3.63) is 34.4 Å². The number of piperidine rings is 1. The maximum atomic E-state index is 13.1. The number of rotatable bonds is 5. The second-order valence-electron chi connectivity index (χ2n) is 8.14. The van der Waals surface area contributed by atoms with Crippen LogP contribution in [-0.2, 0) is 11.3 Å². The normalized spacial score (nSPS) is 21.5. The third-order valence-corrected chi connectivity index (χ3v) is 6.34. The van der Waals surface area contributed by atoms with E-state index in [1.807, 2.05) is 29.2 Å². The Bertz CT molecular complexity index is 929. The first-order chi connectivity index (χ1) is 14.5. The van der Waals surface area contributed by atoms with E-state index in [1.54, 1.807) is 4.90 Å². The lowest BCUT2D eigenvalue weighted by atomic mass is 9.94. The molecule has 30 heavy (non-hydrogen) atoms. The summed E-state index contributed by atoms with van der Waals surface area (Å²) in [6, 6.07) is 7.95. The van der Waals surface area contributed by atoms with Crippen LogP contribution in [0.25, 0.3) is 10.9 Å². The first-order valence-electron chi connectivity index (χ1n) is 10.3. The number of nitrogens with one attached hydrogen (secondary N) is 2. The van der Waals surface area contributed by atoms with Crippen molar-refractivity contribution in [3.63, 3.8) is 0 Å². The Morgan fingerprint density at radius 3 is 2.80 bits per heavy atom. The van der Waals surface area contributed by atoms with Gasteiger partial charge in [0, 0.05) is 52.7 Å². The highest BCUT2D eigenvalue weighted by atomic mass is 79.9. The molecule has 9 heteroatoms. The van der Waals surface area contributed by atoms with Gasteiger partial charge in [0.25, 0.3) is 0 Å². The Balaban J connectivity index is 1.45. The van der Waals surface area contributed by atoms with Crippen LogP contribution in [-0.4, -0.2) is 70.9 Å². The van der Waals surface area contributed by atoms with E-state index in [9.17, 15) is 14.7 Å². The minimum Gasteiger partial charge on any atom is -0.453 e. The SMILES string of the molecule is COC(=O)N1C[C@@H](CO)C[C@@H](N(C(=O)NCc2cc3cc(Br)ccc3[nH]2)C2CC2)C1. The molecule has 8 nitrogen and oxygen atoms in total. The third-order valence-electron chi connectivity index (χ3n) is 5.84. The summed E-state index contributed by atoms with van der Waals surface area (Å²) in [5.74, 6) is -0.0657. The van der Waals surface area contributed by atoms with E-state index >= 15 is 0 Å². The van der Waals surface area contributed by atoms with Gasteiger partial charge in [-0.05, 0) is 43.5 Å². The van der Waals surface area contributed by atoms with E-state index in [2.05, 4.69) is 26.2 Å². The predicted molar refractivity (Wildman–Crippen MR) is 116 cm³/mol. The second-order valence-corrected chi connectivity index (χ2v) is 9.05. The zero-order chi connectivity index (χ0) is 21.3. The van der Waals surface area contributed by atoms with Crippen molar-refractivity contribution < 1.29 is 19.4 Å². The summed E-state index contributed by atoms with van der Waals surface area (Å²) in [5, 5.41) is 13.8. The number of fused-ring (bicyclic) bond motifs is 1. The number of hydrogen-bond acceptors (Lipinski definition) is 4. The van der Waals surface area contributed by atoms with Gasteiger partial charge in [-0.25, -0.2) is 9.59 Å². The van der Waals surface area contributed by atoms with Crippen LogP contribution in [0, 0.1) is 5.92 Å². The van der Waals surface area contributed by atoms with Crippen molar-refractivity contribution in [1.82, 2.24) is 20.1 Å². The average molecular weight is 479 g/mol. The molecule has 0 unspecified atom stereocenters. The first-order valence-corrected chi connectivity index (χ1v) is 11.0. The summed E-state index contributed by atoms with van der Waals surface area (Å²) in [6.07, 6.45) is 2.19. The van der Waals surface area contributed by atoms with Gasteiger partial charge in [-0.3, -0.25) is 0 Å². The number of carbonyl (C=O) groups excluding carboxylic acids is 2. The van der Waals surface area contributed by atoms with Crippen LogP contribution in [0.2, 0.25) is 0 Å². The van der Waals surface area contributed by atoms with Crippen molar-refractivity contribution in [3.8, 4) is 0 Å². The van der Waals surface area contributed by atoms with Crippen LogP contribution < -0.4 is 5.32 Å². The second kappa shape index (κ2) is 8.85. The quantitative estimate of drug-likeness (QED) is 0.614. The molecule has 2 aromatic rings. The summed E-state index contributed by atoms with van der Waals surface area (Å²) in [6.45, 7) is 1.25. The summed E-state index contributed by atoms with van der Waals surface area (Å²) in [5.41, 5.74) is 1.95. The molecule has 1 saturated heterocycles. The largest absolute Gasteiger partial charge is 0.453 e. The number of carbonyl (C=O) groups is 2. The lowest BCUT2D eigenvalue weighted by Gasteiger charge is -2.41. The summed E-state index contributed by atoms with van der Waals surface area (Å²) >= 11 is 3.48. The molecule has 0 spiro atoms. The van der Waals surface area contributed by atoms with Gasteiger partial charge in [0.15, 0.2) is 0 Å². The highest BCUT2D eigenvalue weighted by Crippen LogP contribution is 2.33. The van der Waals surface area contributed by atoms with Crippen molar-refractivity contribution in [2.75, 3.05) is 26.8 Å². The fourth-order valence-corrected chi connectivity index (χ4v) is 4.67. The molecule has 0 bridgehead atoms. The van der Waals surface area contributed by atoms with Crippen molar-refractivity contribution in [1.29, 1.82) is 0 Å². The standard InChI is InChI=1S/C21H27BrN4O4/c1-30-21(29)25-10-13(12-27)6-18(11-25)26(17-3-4-17)20(28)23-9-16-8-14-7-15(22)2-5-19(14)24-16/h2,5,7-8,13,17-18,24,27H,3-4,6,9-12H2,1H3,(H,23,28)/t13-,18+/m0/s1. The van der Waals surface area contributed by atoms with Crippen LogP contribution >= 0.6 is 15.9 Å². The third kappa shape index (κ3) is 4.57.